The number of ether oxygens (including phenoxy) is 1. The number of para-hydroxylation sites is 3. The summed E-state index contributed by atoms with van der Waals surface area (Å²) >= 11 is 0. The van der Waals surface area contributed by atoms with E-state index in [0.717, 1.165) is 67.5 Å². The Morgan fingerprint density at radius 1 is 0.291 bits per heavy atom. The summed E-state index contributed by atoms with van der Waals surface area (Å²) < 4.78 is 6.81. The van der Waals surface area contributed by atoms with Crippen molar-refractivity contribution in [1.82, 2.24) is 0 Å². The first-order chi connectivity index (χ1) is 27.3. The van der Waals surface area contributed by atoms with E-state index in [1.807, 2.05) is 0 Å². The lowest BCUT2D eigenvalue weighted by Gasteiger charge is -2.30. The van der Waals surface area contributed by atoms with Crippen LogP contribution in [0.1, 0.15) is 0 Å². The molecule has 0 spiro atoms. The minimum absolute atomic E-state index is 0.842. The number of hydrogen-bond acceptors (Lipinski definition) is 3. The topological polar surface area (TPSA) is 15.7 Å². The smallest absolute Gasteiger partial charge is 0.137 e. The van der Waals surface area contributed by atoms with Gasteiger partial charge in [-0.1, -0.05) is 140 Å². The van der Waals surface area contributed by atoms with Gasteiger partial charge in [-0.15, -0.1) is 0 Å². The molecule has 0 amide bonds. The second kappa shape index (κ2) is 13.9. The van der Waals surface area contributed by atoms with Crippen molar-refractivity contribution in [3.8, 4) is 44.9 Å². The maximum absolute atomic E-state index is 6.81. The van der Waals surface area contributed by atoms with Crippen molar-refractivity contribution in [3.63, 3.8) is 0 Å². The lowest BCUT2D eigenvalue weighted by Crippen LogP contribution is -2.11. The molecule has 3 heteroatoms. The Balaban J connectivity index is 1.04. The second-order valence-electron chi connectivity index (χ2n) is 13.8. The highest BCUT2D eigenvalue weighted by molar-refractivity contribution is 6.11. The molecule has 1 aliphatic heterocycles. The van der Waals surface area contributed by atoms with E-state index in [2.05, 4.69) is 228 Å². The fourth-order valence-corrected chi connectivity index (χ4v) is 7.83. The van der Waals surface area contributed by atoms with E-state index in [1.54, 1.807) is 0 Å². The van der Waals surface area contributed by atoms with E-state index in [0.29, 0.717) is 0 Å². The third-order valence-corrected chi connectivity index (χ3v) is 10.4. The van der Waals surface area contributed by atoms with Crippen LogP contribution in [0.4, 0.5) is 34.1 Å². The molecule has 0 saturated carbocycles. The lowest BCUT2D eigenvalue weighted by atomic mass is 9.93. The minimum atomic E-state index is 0.842. The van der Waals surface area contributed by atoms with Crippen molar-refractivity contribution < 1.29 is 4.74 Å². The largest absolute Gasteiger partial charge is 0.456 e. The van der Waals surface area contributed by atoms with Crippen LogP contribution in [-0.4, -0.2) is 0 Å². The van der Waals surface area contributed by atoms with Crippen molar-refractivity contribution >= 4 is 44.9 Å². The van der Waals surface area contributed by atoms with Crippen LogP contribution in [0.25, 0.3) is 44.2 Å². The molecule has 0 radical (unpaired) electrons. The molecule has 0 fully saturated rings. The zero-order chi connectivity index (χ0) is 36.6. The van der Waals surface area contributed by atoms with Gasteiger partial charge < -0.3 is 14.5 Å². The molecule has 0 N–H and O–H groups in total. The van der Waals surface area contributed by atoms with Crippen LogP contribution in [0.2, 0.25) is 0 Å². The third kappa shape index (κ3) is 5.98. The van der Waals surface area contributed by atoms with Crippen LogP contribution in [0, 0.1) is 0 Å². The Hall–Kier alpha value is -7.36. The molecule has 0 saturated heterocycles. The van der Waals surface area contributed by atoms with Gasteiger partial charge in [-0.3, -0.25) is 0 Å². The Kier molecular flexibility index (Phi) is 8.16. The average molecular weight is 705 g/mol. The normalized spacial score (nSPS) is 11.4. The molecule has 0 bridgehead atoms. The highest BCUT2D eigenvalue weighted by Gasteiger charge is 2.25. The number of rotatable bonds is 8. The SMILES string of the molecule is c1ccc(-c2ccc(-c3ccc(N(c4ccccc4)c4ccc5c6c(cccc46)-c4ccc(N(c6ccccc6)c6ccccc6)cc4O5)cc3)cc2)cc1. The van der Waals surface area contributed by atoms with Crippen molar-refractivity contribution in [2.24, 2.45) is 0 Å². The molecule has 9 aromatic rings. The van der Waals surface area contributed by atoms with Crippen LogP contribution in [0.3, 0.4) is 0 Å². The van der Waals surface area contributed by atoms with E-state index in [-0.39, 0.29) is 0 Å². The number of benzene rings is 9. The van der Waals surface area contributed by atoms with E-state index in [4.69, 9.17) is 4.74 Å². The first-order valence-electron chi connectivity index (χ1n) is 18.7. The van der Waals surface area contributed by atoms with Gasteiger partial charge in [-0.25, -0.2) is 0 Å². The fraction of sp³-hybridized carbons (Fsp3) is 0. The summed E-state index contributed by atoms with van der Waals surface area (Å²) in [5, 5.41) is 2.24. The molecular formula is C52H36N2O. The predicted molar refractivity (Wildman–Crippen MR) is 230 cm³/mol. The predicted octanol–water partition coefficient (Wildman–Crippen LogP) is 14.9. The van der Waals surface area contributed by atoms with Crippen LogP contribution in [-0.2, 0) is 0 Å². The van der Waals surface area contributed by atoms with Gasteiger partial charge in [0.15, 0.2) is 0 Å². The lowest BCUT2D eigenvalue weighted by molar-refractivity contribution is 0.487. The van der Waals surface area contributed by atoms with Gasteiger partial charge in [-0.2, -0.15) is 0 Å². The summed E-state index contributed by atoms with van der Waals surface area (Å²) in [5.41, 5.74) is 13.5. The maximum atomic E-state index is 6.81. The van der Waals surface area contributed by atoms with Gasteiger partial charge in [-0.05, 0) is 101 Å². The van der Waals surface area contributed by atoms with Crippen molar-refractivity contribution in [2.45, 2.75) is 0 Å². The highest BCUT2D eigenvalue weighted by Crippen LogP contribution is 2.52. The molecule has 1 heterocycles. The fourth-order valence-electron chi connectivity index (χ4n) is 7.83. The zero-order valence-corrected chi connectivity index (χ0v) is 30.1. The number of fused-ring (bicyclic) bond motifs is 2. The summed E-state index contributed by atoms with van der Waals surface area (Å²) in [7, 11) is 0. The van der Waals surface area contributed by atoms with E-state index in [9.17, 15) is 0 Å². The first kappa shape index (κ1) is 32.3. The summed E-state index contributed by atoms with van der Waals surface area (Å²) in [6.45, 7) is 0. The van der Waals surface area contributed by atoms with Crippen molar-refractivity contribution in [1.29, 1.82) is 0 Å². The third-order valence-electron chi connectivity index (χ3n) is 10.4. The maximum Gasteiger partial charge on any atom is 0.137 e. The zero-order valence-electron chi connectivity index (χ0n) is 30.1. The Morgan fingerprint density at radius 2 is 0.764 bits per heavy atom. The molecular weight excluding hydrogens is 669 g/mol. The molecule has 260 valence electrons. The number of anilines is 6. The molecule has 1 aliphatic rings. The van der Waals surface area contributed by atoms with Crippen molar-refractivity contribution in [2.75, 3.05) is 9.80 Å². The molecule has 0 unspecified atom stereocenters. The van der Waals surface area contributed by atoms with Gasteiger partial charge in [0, 0.05) is 50.8 Å². The van der Waals surface area contributed by atoms with Gasteiger partial charge in [0.1, 0.15) is 11.5 Å². The van der Waals surface area contributed by atoms with Crippen LogP contribution < -0.4 is 14.5 Å². The molecule has 0 atom stereocenters. The summed E-state index contributed by atoms with van der Waals surface area (Å²) in [6, 6.07) is 77.3. The molecule has 10 rings (SSSR count). The van der Waals surface area contributed by atoms with E-state index in [1.165, 1.54) is 22.3 Å². The van der Waals surface area contributed by atoms with Gasteiger partial charge >= 0.3 is 0 Å². The Morgan fingerprint density at radius 3 is 1.35 bits per heavy atom. The van der Waals surface area contributed by atoms with Gasteiger partial charge in [0.25, 0.3) is 0 Å². The summed E-state index contributed by atoms with van der Waals surface area (Å²) in [4.78, 5) is 4.62. The summed E-state index contributed by atoms with van der Waals surface area (Å²) in [6.07, 6.45) is 0. The Bertz CT molecular complexity index is 2710. The summed E-state index contributed by atoms with van der Waals surface area (Å²) in [5.74, 6) is 1.70. The first-order valence-corrected chi connectivity index (χ1v) is 18.7. The van der Waals surface area contributed by atoms with Crippen LogP contribution >= 0.6 is 0 Å². The number of hydrogen-bond donors (Lipinski definition) is 0. The van der Waals surface area contributed by atoms with Gasteiger partial charge in [0.2, 0.25) is 0 Å². The minimum Gasteiger partial charge on any atom is -0.456 e. The molecule has 0 aliphatic carbocycles. The average Bonchev–Trinajstić information content (AvgIpc) is 3.26. The number of nitrogens with zero attached hydrogens (tertiary/aromatic N) is 2. The second-order valence-corrected chi connectivity index (χ2v) is 13.8. The van der Waals surface area contributed by atoms with E-state index >= 15 is 0 Å². The Labute approximate surface area is 321 Å². The van der Waals surface area contributed by atoms with Crippen LogP contribution in [0.5, 0.6) is 11.5 Å². The molecule has 3 nitrogen and oxygen atoms in total. The molecule has 9 aromatic carbocycles. The van der Waals surface area contributed by atoms with Crippen molar-refractivity contribution in [3.05, 3.63) is 218 Å². The van der Waals surface area contributed by atoms with Crippen LogP contribution in [0.15, 0.2) is 218 Å². The molecule has 0 aromatic heterocycles. The van der Waals surface area contributed by atoms with E-state index < -0.39 is 0 Å². The standard InChI is InChI=1S/C52H36N2O/c1-5-14-37(15-6-1)38-24-26-39(27-25-38)40-28-30-44(31-29-40)54(43-20-11-4-12-21-43)49-34-35-50-52-47(22-13-23-48(49)52)46-33-32-45(36-51(46)55-50)53(41-16-7-2-8-17-41)42-18-9-3-10-19-42/h1-36H. The van der Waals surface area contributed by atoms with Gasteiger partial charge in [0.05, 0.1) is 5.69 Å². The molecule has 55 heavy (non-hydrogen) atoms. The quantitative estimate of drug-likeness (QED) is 0.157. The monoisotopic (exact) mass is 704 g/mol. The highest BCUT2D eigenvalue weighted by atomic mass is 16.5.